The number of amides is 1. The van der Waals surface area contributed by atoms with Crippen LogP contribution in [0.3, 0.4) is 0 Å². The molecule has 114 valence electrons. The molecule has 0 fully saturated rings. The molecule has 0 aliphatic rings. The molecule has 0 radical (unpaired) electrons. The number of ether oxygens (including phenoxy) is 1. The van der Waals surface area contributed by atoms with E-state index in [9.17, 15) is 4.79 Å². The van der Waals surface area contributed by atoms with Crippen LogP contribution in [0.25, 0.3) is 0 Å². The Morgan fingerprint density at radius 1 is 1.37 bits per heavy atom. The standard InChI is InChI=1S/C14H31N3O2/c1-7-17(11(2)3)12(10-15)8-9-16-13(18)19-14(4,5)6/h11-12H,7-10,15H2,1-6H3,(H,16,18). The summed E-state index contributed by atoms with van der Waals surface area (Å²) >= 11 is 0. The van der Waals surface area contributed by atoms with Crippen LogP contribution in [-0.4, -0.2) is 48.3 Å². The number of likely N-dealkylation sites (N-methyl/N-ethyl adjacent to an activating group) is 1. The molecule has 0 aliphatic carbocycles. The van der Waals surface area contributed by atoms with Gasteiger partial charge < -0.3 is 15.8 Å². The number of hydrogen-bond donors (Lipinski definition) is 2. The molecule has 0 saturated heterocycles. The number of nitrogens with zero attached hydrogens (tertiary/aromatic N) is 1. The number of rotatable bonds is 7. The molecule has 5 nitrogen and oxygen atoms in total. The summed E-state index contributed by atoms with van der Waals surface area (Å²) in [7, 11) is 0. The zero-order valence-corrected chi connectivity index (χ0v) is 13.3. The lowest BCUT2D eigenvalue weighted by Gasteiger charge is -2.33. The van der Waals surface area contributed by atoms with Gasteiger partial charge in [0, 0.05) is 25.2 Å². The SMILES string of the molecule is CCN(C(C)C)C(CN)CCNC(=O)OC(C)(C)C. The topological polar surface area (TPSA) is 67.6 Å². The first kappa shape index (κ1) is 18.2. The fraction of sp³-hybridized carbons (Fsp3) is 0.929. The summed E-state index contributed by atoms with van der Waals surface area (Å²) in [4.78, 5) is 13.9. The normalized spacial score (nSPS) is 13.7. The Hall–Kier alpha value is -0.810. The predicted molar refractivity (Wildman–Crippen MR) is 79.2 cm³/mol. The molecule has 1 amide bonds. The first-order valence-corrected chi connectivity index (χ1v) is 7.14. The average molecular weight is 273 g/mol. The van der Waals surface area contributed by atoms with Gasteiger partial charge in [0.2, 0.25) is 0 Å². The van der Waals surface area contributed by atoms with E-state index in [1.54, 1.807) is 0 Å². The molecular formula is C14H31N3O2. The van der Waals surface area contributed by atoms with E-state index >= 15 is 0 Å². The van der Waals surface area contributed by atoms with E-state index in [1.165, 1.54) is 0 Å². The summed E-state index contributed by atoms with van der Waals surface area (Å²) in [5.74, 6) is 0. The van der Waals surface area contributed by atoms with Crippen molar-refractivity contribution in [1.82, 2.24) is 10.2 Å². The maximum Gasteiger partial charge on any atom is 0.407 e. The third-order valence-electron chi connectivity index (χ3n) is 2.92. The van der Waals surface area contributed by atoms with Crippen LogP contribution in [0, 0.1) is 0 Å². The van der Waals surface area contributed by atoms with Crippen LogP contribution in [0.5, 0.6) is 0 Å². The van der Waals surface area contributed by atoms with Gasteiger partial charge in [-0.2, -0.15) is 0 Å². The highest BCUT2D eigenvalue weighted by Gasteiger charge is 2.19. The second kappa shape index (κ2) is 8.38. The number of carbonyl (C=O) groups is 1. The average Bonchev–Trinajstić information content (AvgIpc) is 2.24. The fourth-order valence-corrected chi connectivity index (χ4v) is 2.12. The Labute approximate surface area is 117 Å². The van der Waals surface area contributed by atoms with Gasteiger partial charge in [0.1, 0.15) is 5.60 Å². The molecule has 0 aromatic heterocycles. The number of alkyl carbamates (subject to hydrolysis) is 1. The summed E-state index contributed by atoms with van der Waals surface area (Å²) < 4.78 is 5.19. The third kappa shape index (κ3) is 8.06. The summed E-state index contributed by atoms with van der Waals surface area (Å²) in [6.45, 7) is 14.2. The summed E-state index contributed by atoms with van der Waals surface area (Å²) in [6, 6.07) is 0.750. The van der Waals surface area contributed by atoms with Crippen molar-refractivity contribution >= 4 is 6.09 Å². The lowest BCUT2D eigenvalue weighted by atomic mass is 10.1. The molecule has 0 bridgehead atoms. The van der Waals surface area contributed by atoms with Crippen LogP contribution in [0.1, 0.15) is 48.0 Å². The Morgan fingerprint density at radius 2 is 1.95 bits per heavy atom. The minimum atomic E-state index is -0.454. The van der Waals surface area contributed by atoms with Gasteiger partial charge >= 0.3 is 6.09 Å². The summed E-state index contributed by atoms with van der Waals surface area (Å²) in [5.41, 5.74) is 5.37. The number of hydrogen-bond acceptors (Lipinski definition) is 4. The van der Waals surface area contributed by atoms with Gasteiger partial charge in [0.15, 0.2) is 0 Å². The molecule has 19 heavy (non-hydrogen) atoms. The summed E-state index contributed by atoms with van der Waals surface area (Å²) in [6.07, 6.45) is 0.470. The van der Waals surface area contributed by atoms with Crippen LogP contribution < -0.4 is 11.1 Å². The molecule has 0 aromatic carbocycles. The highest BCUT2D eigenvalue weighted by atomic mass is 16.6. The largest absolute Gasteiger partial charge is 0.444 e. The van der Waals surface area contributed by atoms with Crippen molar-refractivity contribution in [3.63, 3.8) is 0 Å². The van der Waals surface area contributed by atoms with Crippen molar-refractivity contribution < 1.29 is 9.53 Å². The van der Waals surface area contributed by atoms with Gasteiger partial charge in [-0.15, -0.1) is 0 Å². The minimum Gasteiger partial charge on any atom is -0.444 e. The van der Waals surface area contributed by atoms with Gasteiger partial charge in [-0.1, -0.05) is 6.92 Å². The minimum absolute atomic E-state index is 0.292. The molecular weight excluding hydrogens is 242 g/mol. The van der Waals surface area contributed by atoms with E-state index in [4.69, 9.17) is 10.5 Å². The Morgan fingerprint density at radius 3 is 2.32 bits per heavy atom. The molecule has 1 atom stereocenters. The smallest absolute Gasteiger partial charge is 0.407 e. The first-order chi connectivity index (χ1) is 8.71. The maximum absolute atomic E-state index is 11.5. The zero-order valence-electron chi connectivity index (χ0n) is 13.3. The van der Waals surface area contributed by atoms with Gasteiger partial charge in [-0.3, -0.25) is 4.90 Å². The molecule has 0 aromatic rings. The maximum atomic E-state index is 11.5. The van der Waals surface area contributed by atoms with E-state index in [2.05, 4.69) is 31.0 Å². The van der Waals surface area contributed by atoms with Crippen molar-refractivity contribution in [2.75, 3.05) is 19.6 Å². The van der Waals surface area contributed by atoms with E-state index in [0.717, 1.165) is 13.0 Å². The van der Waals surface area contributed by atoms with Crippen LogP contribution in [0.4, 0.5) is 4.79 Å². The predicted octanol–water partition coefficient (Wildman–Crippen LogP) is 1.96. The van der Waals surface area contributed by atoms with Crippen molar-refractivity contribution in [1.29, 1.82) is 0 Å². The molecule has 0 saturated carbocycles. The van der Waals surface area contributed by atoms with Crippen LogP contribution in [-0.2, 0) is 4.74 Å². The fourth-order valence-electron chi connectivity index (χ4n) is 2.12. The second-order valence-corrected chi connectivity index (χ2v) is 6.03. The molecule has 1 unspecified atom stereocenters. The second-order valence-electron chi connectivity index (χ2n) is 6.03. The highest BCUT2D eigenvalue weighted by Crippen LogP contribution is 2.09. The molecule has 5 heteroatoms. The van der Waals surface area contributed by atoms with Crippen LogP contribution in [0.2, 0.25) is 0 Å². The van der Waals surface area contributed by atoms with Crippen molar-refractivity contribution in [3.8, 4) is 0 Å². The monoisotopic (exact) mass is 273 g/mol. The quantitative estimate of drug-likeness (QED) is 0.744. The van der Waals surface area contributed by atoms with Crippen molar-refractivity contribution in [2.45, 2.75) is 65.6 Å². The van der Waals surface area contributed by atoms with Crippen LogP contribution >= 0.6 is 0 Å². The number of nitrogens with two attached hydrogens (primary N) is 1. The van der Waals surface area contributed by atoms with E-state index in [-0.39, 0.29) is 6.09 Å². The van der Waals surface area contributed by atoms with Crippen molar-refractivity contribution in [2.24, 2.45) is 5.73 Å². The van der Waals surface area contributed by atoms with E-state index in [1.807, 2.05) is 20.8 Å². The Kier molecular flexibility index (Phi) is 8.02. The molecule has 0 aliphatic heterocycles. The van der Waals surface area contributed by atoms with Gasteiger partial charge in [0.25, 0.3) is 0 Å². The summed E-state index contributed by atoms with van der Waals surface area (Å²) in [5, 5.41) is 2.78. The molecule has 3 N–H and O–H groups in total. The van der Waals surface area contributed by atoms with Gasteiger partial charge in [0.05, 0.1) is 0 Å². The van der Waals surface area contributed by atoms with E-state index < -0.39 is 5.60 Å². The highest BCUT2D eigenvalue weighted by molar-refractivity contribution is 5.67. The Balaban J connectivity index is 4.12. The number of carbonyl (C=O) groups excluding carboxylic acids is 1. The van der Waals surface area contributed by atoms with Gasteiger partial charge in [-0.25, -0.2) is 4.79 Å². The lowest BCUT2D eigenvalue weighted by Crippen LogP contribution is -2.46. The number of nitrogens with one attached hydrogen (secondary N) is 1. The first-order valence-electron chi connectivity index (χ1n) is 7.14. The van der Waals surface area contributed by atoms with E-state index in [0.29, 0.717) is 25.2 Å². The third-order valence-corrected chi connectivity index (χ3v) is 2.92. The Bertz CT molecular complexity index is 262. The van der Waals surface area contributed by atoms with Gasteiger partial charge in [-0.05, 0) is 47.6 Å². The molecule has 0 rings (SSSR count). The van der Waals surface area contributed by atoms with Crippen LogP contribution in [0.15, 0.2) is 0 Å². The van der Waals surface area contributed by atoms with Crippen molar-refractivity contribution in [3.05, 3.63) is 0 Å². The molecule has 0 spiro atoms. The lowest BCUT2D eigenvalue weighted by molar-refractivity contribution is 0.0520. The molecule has 0 heterocycles. The zero-order chi connectivity index (χ0) is 15.1.